The molecule has 0 saturated carbocycles. The first kappa shape index (κ1) is 18.3. The van der Waals surface area contributed by atoms with Gasteiger partial charge in [-0.2, -0.15) is 5.10 Å². The van der Waals surface area contributed by atoms with Crippen LogP contribution < -0.4 is 10.5 Å². The van der Waals surface area contributed by atoms with Crippen LogP contribution in [-0.2, 0) is 6.54 Å². The maximum atomic E-state index is 13.1. The molecule has 6 nitrogen and oxygen atoms in total. The Morgan fingerprint density at radius 2 is 2.00 bits per heavy atom. The molecule has 0 spiro atoms. The van der Waals surface area contributed by atoms with Crippen LogP contribution in [0.4, 0.5) is 0 Å². The predicted octanol–water partition coefficient (Wildman–Crippen LogP) is 2.51. The number of methoxy groups -OCH3 is 1. The van der Waals surface area contributed by atoms with Crippen molar-refractivity contribution in [3.05, 3.63) is 83.7 Å². The number of rotatable bonds is 5. The monoisotopic (exact) mass is 376 g/mol. The topological polar surface area (TPSA) is 73.4 Å². The molecule has 2 heterocycles. The van der Waals surface area contributed by atoms with Crippen molar-refractivity contribution in [3.63, 3.8) is 0 Å². The minimum absolute atomic E-state index is 0.0220. The number of nitrogens with zero attached hydrogens (tertiary/aromatic N) is 3. The number of benzene rings is 2. The zero-order valence-electron chi connectivity index (χ0n) is 15.9. The number of aromatic nitrogens is 2. The molecule has 4 rings (SSSR count). The van der Waals surface area contributed by atoms with Gasteiger partial charge < -0.3 is 15.4 Å². The highest BCUT2D eigenvalue weighted by atomic mass is 16.5. The highest BCUT2D eigenvalue weighted by molar-refractivity contribution is 5.94. The van der Waals surface area contributed by atoms with E-state index in [1.807, 2.05) is 70.4 Å². The highest BCUT2D eigenvalue weighted by Crippen LogP contribution is 2.29. The summed E-state index contributed by atoms with van der Waals surface area (Å²) in [5.74, 6) is 0.966. The Morgan fingerprint density at radius 3 is 2.71 bits per heavy atom. The molecule has 3 aromatic rings. The maximum Gasteiger partial charge on any atom is 0.253 e. The Morgan fingerprint density at radius 1 is 1.18 bits per heavy atom. The molecule has 2 atom stereocenters. The summed E-state index contributed by atoms with van der Waals surface area (Å²) in [6.07, 6.45) is 3.66. The number of ether oxygens (including phenoxy) is 1. The maximum absolute atomic E-state index is 13.1. The molecule has 2 aromatic carbocycles. The van der Waals surface area contributed by atoms with Gasteiger partial charge in [0.05, 0.1) is 13.7 Å². The number of hydrogen-bond donors (Lipinski definition) is 1. The molecule has 2 N–H and O–H groups in total. The molecule has 1 aromatic heterocycles. The average Bonchev–Trinajstić information content (AvgIpc) is 3.37. The summed E-state index contributed by atoms with van der Waals surface area (Å²) in [7, 11) is 1.65. The van der Waals surface area contributed by atoms with Gasteiger partial charge in [0, 0.05) is 43.0 Å². The molecule has 1 saturated heterocycles. The van der Waals surface area contributed by atoms with Gasteiger partial charge in [0.15, 0.2) is 0 Å². The molecular weight excluding hydrogens is 352 g/mol. The number of amides is 1. The lowest BCUT2D eigenvalue weighted by atomic mass is 9.95. The fraction of sp³-hybridized carbons (Fsp3) is 0.273. The minimum atomic E-state index is -0.0791. The molecule has 6 heteroatoms. The van der Waals surface area contributed by atoms with Crippen LogP contribution in [0, 0.1) is 0 Å². The van der Waals surface area contributed by atoms with Crippen LogP contribution in [0.25, 0.3) is 0 Å². The number of carbonyl (C=O) groups excluding carboxylic acids is 1. The third kappa shape index (κ3) is 3.77. The summed E-state index contributed by atoms with van der Waals surface area (Å²) < 4.78 is 7.06. The van der Waals surface area contributed by atoms with Crippen LogP contribution in [0.5, 0.6) is 5.75 Å². The van der Waals surface area contributed by atoms with Gasteiger partial charge in [-0.25, -0.2) is 0 Å². The van der Waals surface area contributed by atoms with E-state index in [-0.39, 0.29) is 17.9 Å². The lowest BCUT2D eigenvalue weighted by molar-refractivity contribution is 0.0789. The van der Waals surface area contributed by atoms with Crippen LogP contribution in [0.1, 0.15) is 27.4 Å². The van der Waals surface area contributed by atoms with E-state index in [0.717, 1.165) is 16.9 Å². The second-order valence-corrected chi connectivity index (χ2v) is 7.16. The molecule has 0 bridgehead atoms. The molecule has 28 heavy (non-hydrogen) atoms. The average molecular weight is 376 g/mol. The van der Waals surface area contributed by atoms with Gasteiger partial charge in [-0.3, -0.25) is 9.48 Å². The lowest BCUT2D eigenvalue weighted by Crippen LogP contribution is -2.32. The van der Waals surface area contributed by atoms with Crippen molar-refractivity contribution >= 4 is 5.91 Å². The molecule has 1 amide bonds. The van der Waals surface area contributed by atoms with Crippen molar-refractivity contribution in [2.24, 2.45) is 5.73 Å². The lowest BCUT2D eigenvalue weighted by Gasteiger charge is -2.17. The van der Waals surface area contributed by atoms with E-state index in [4.69, 9.17) is 10.5 Å². The normalized spacial score (nSPS) is 19.0. The van der Waals surface area contributed by atoms with Crippen molar-refractivity contribution in [2.45, 2.75) is 18.5 Å². The number of carbonyl (C=O) groups is 1. The van der Waals surface area contributed by atoms with E-state index in [9.17, 15) is 4.79 Å². The van der Waals surface area contributed by atoms with Crippen molar-refractivity contribution in [2.75, 3.05) is 20.2 Å². The van der Waals surface area contributed by atoms with Crippen molar-refractivity contribution in [1.29, 1.82) is 0 Å². The summed E-state index contributed by atoms with van der Waals surface area (Å²) in [4.78, 5) is 14.9. The van der Waals surface area contributed by atoms with Gasteiger partial charge in [0.2, 0.25) is 0 Å². The third-order valence-electron chi connectivity index (χ3n) is 5.27. The van der Waals surface area contributed by atoms with E-state index in [1.165, 1.54) is 0 Å². The summed E-state index contributed by atoms with van der Waals surface area (Å²) in [6, 6.07) is 17.5. The van der Waals surface area contributed by atoms with Gasteiger partial charge in [-0.1, -0.05) is 24.3 Å². The van der Waals surface area contributed by atoms with E-state index in [0.29, 0.717) is 25.2 Å². The van der Waals surface area contributed by atoms with Crippen molar-refractivity contribution in [3.8, 4) is 5.75 Å². The van der Waals surface area contributed by atoms with Crippen LogP contribution >= 0.6 is 0 Å². The van der Waals surface area contributed by atoms with E-state index in [2.05, 4.69) is 5.10 Å². The predicted molar refractivity (Wildman–Crippen MR) is 107 cm³/mol. The zero-order valence-corrected chi connectivity index (χ0v) is 15.9. The molecule has 0 radical (unpaired) electrons. The molecule has 0 aliphatic carbocycles. The Hall–Kier alpha value is -3.12. The summed E-state index contributed by atoms with van der Waals surface area (Å²) in [6.45, 7) is 1.82. The Balaban J connectivity index is 1.47. The molecule has 1 aliphatic rings. The van der Waals surface area contributed by atoms with Gasteiger partial charge in [0.1, 0.15) is 5.75 Å². The first-order valence-corrected chi connectivity index (χ1v) is 9.39. The zero-order chi connectivity index (χ0) is 19.5. The van der Waals surface area contributed by atoms with E-state index >= 15 is 0 Å². The van der Waals surface area contributed by atoms with Crippen LogP contribution in [0.2, 0.25) is 0 Å². The molecule has 1 aliphatic heterocycles. The Labute approximate surface area is 164 Å². The molecule has 0 unspecified atom stereocenters. The Kier molecular flexibility index (Phi) is 5.12. The van der Waals surface area contributed by atoms with Gasteiger partial charge in [0.25, 0.3) is 5.91 Å². The standard InChI is InChI=1S/C22H24N4O2/c1-28-19-8-6-17(7-9-19)20-14-25(15-21(20)23)22(27)18-5-2-4-16(12-18)13-26-11-3-10-24-26/h2-12,20-21H,13-15,23H2,1H3/t20-,21+/m1/s1. The quantitative estimate of drug-likeness (QED) is 0.743. The number of hydrogen-bond acceptors (Lipinski definition) is 4. The highest BCUT2D eigenvalue weighted by Gasteiger charge is 2.34. The van der Waals surface area contributed by atoms with Gasteiger partial charge >= 0.3 is 0 Å². The number of likely N-dealkylation sites (tertiary alicyclic amines) is 1. The Bertz CT molecular complexity index is 937. The first-order valence-electron chi connectivity index (χ1n) is 9.39. The fourth-order valence-electron chi connectivity index (χ4n) is 3.76. The largest absolute Gasteiger partial charge is 0.497 e. The molecular formula is C22H24N4O2. The summed E-state index contributed by atoms with van der Waals surface area (Å²) in [5.41, 5.74) is 9.24. The van der Waals surface area contributed by atoms with Crippen LogP contribution in [0.3, 0.4) is 0 Å². The van der Waals surface area contributed by atoms with Crippen LogP contribution in [0.15, 0.2) is 67.0 Å². The summed E-state index contributed by atoms with van der Waals surface area (Å²) in [5, 5.41) is 4.23. The van der Waals surface area contributed by atoms with Crippen molar-refractivity contribution < 1.29 is 9.53 Å². The van der Waals surface area contributed by atoms with Crippen molar-refractivity contribution in [1.82, 2.24) is 14.7 Å². The van der Waals surface area contributed by atoms with Gasteiger partial charge in [-0.15, -0.1) is 0 Å². The van der Waals surface area contributed by atoms with Gasteiger partial charge in [-0.05, 0) is 41.5 Å². The second kappa shape index (κ2) is 7.86. The molecule has 1 fully saturated rings. The van der Waals surface area contributed by atoms with E-state index < -0.39 is 0 Å². The summed E-state index contributed by atoms with van der Waals surface area (Å²) >= 11 is 0. The fourth-order valence-corrected chi connectivity index (χ4v) is 3.76. The first-order chi connectivity index (χ1) is 13.6. The molecule has 144 valence electrons. The number of nitrogens with two attached hydrogens (primary N) is 1. The second-order valence-electron chi connectivity index (χ2n) is 7.16. The van der Waals surface area contributed by atoms with E-state index in [1.54, 1.807) is 13.3 Å². The smallest absolute Gasteiger partial charge is 0.253 e. The minimum Gasteiger partial charge on any atom is -0.497 e. The third-order valence-corrected chi connectivity index (χ3v) is 5.27. The van der Waals surface area contributed by atoms with Crippen LogP contribution in [-0.4, -0.2) is 46.8 Å². The SMILES string of the molecule is COc1ccc([C@H]2CN(C(=O)c3cccc(Cn4cccn4)c3)C[C@@H]2N)cc1.